The lowest BCUT2D eigenvalue weighted by atomic mass is 9.65. The van der Waals surface area contributed by atoms with Crippen LogP contribution in [-0.4, -0.2) is 35.4 Å². The minimum atomic E-state index is 0.00992. The van der Waals surface area contributed by atoms with E-state index in [4.69, 9.17) is 0 Å². The van der Waals surface area contributed by atoms with E-state index in [-0.39, 0.29) is 5.91 Å². The second-order valence-electron chi connectivity index (χ2n) is 7.49. The lowest BCUT2D eigenvalue weighted by Crippen LogP contribution is -2.54. The molecule has 2 aromatic rings. The van der Waals surface area contributed by atoms with Crippen molar-refractivity contribution >= 4 is 22.5 Å². The van der Waals surface area contributed by atoms with Gasteiger partial charge >= 0.3 is 0 Å². The number of amides is 1. The second-order valence-corrected chi connectivity index (χ2v) is 7.49. The number of hydrogen-bond acceptors (Lipinski definition) is 3. The van der Waals surface area contributed by atoms with Gasteiger partial charge in [-0.15, -0.1) is 0 Å². The Morgan fingerprint density at radius 2 is 2.00 bits per heavy atom. The van der Waals surface area contributed by atoms with Crippen molar-refractivity contribution in [3.05, 3.63) is 48.2 Å². The quantitative estimate of drug-likeness (QED) is 0.865. The summed E-state index contributed by atoms with van der Waals surface area (Å²) < 4.78 is 0. The van der Waals surface area contributed by atoms with Gasteiger partial charge < -0.3 is 10.2 Å². The van der Waals surface area contributed by atoms with E-state index in [1.165, 1.54) is 25.0 Å². The molecule has 4 heteroatoms. The predicted octanol–water partition coefficient (Wildman–Crippen LogP) is 3.07. The number of hydrogen-bond donors (Lipinski definition) is 1. The molecule has 1 N–H and O–H groups in total. The van der Waals surface area contributed by atoms with Gasteiger partial charge in [-0.2, -0.15) is 0 Å². The highest BCUT2D eigenvalue weighted by atomic mass is 16.1. The van der Waals surface area contributed by atoms with Gasteiger partial charge in [-0.3, -0.25) is 9.78 Å². The number of aromatic nitrogens is 1. The molecule has 3 aliphatic heterocycles. The summed E-state index contributed by atoms with van der Waals surface area (Å²) in [6.07, 6.45) is 6.22. The number of piperidine rings is 3. The van der Waals surface area contributed by atoms with E-state index in [1.54, 1.807) is 6.20 Å². The van der Waals surface area contributed by atoms with E-state index in [0.717, 1.165) is 35.6 Å². The van der Waals surface area contributed by atoms with Gasteiger partial charge in [0.15, 0.2) is 0 Å². The highest BCUT2D eigenvalue weighted by Gasteiger charge is 2.44. The molecule has 0 spiro atoms. The summed E-state index contributed by atoms with van der Waals surface area (Å²) in [5.74, 6) is 2.07. The fraction of sp³-hybridized carbons (Fsp3) is 0.400. The fourth-order valence-electron chi connectivity index (χ4n) is 4.95. The van der Waals surface area contributed by atoms with E-state index < -0.39 is 0 Å². The van der Waals surface area contributed by atoms with Gasteiger partial charge in [0.25, 0.3) is 0 Å². The van der Waals surface area contributed by atoms with Gasteiger partial charge in [0.05, 0.1) is 5.52 Å². The topological polar surface area (TPSA) is 45.2 Å². The molecule has 2 unspecified atom stereocenters. The maximum absolute atomic E-state index is 12.5. The monoisotopic (exact) mass is 319 g/mol. The molecule has 4 aliphatic rings. The number of fused-ring (bicyclic) bond motifs is 1. The molecule has 4 heterocycles. The van der Waals surface area contributed by atoms with Crippen LogP contribution < -0.4 is 5.32 Å². The van der Waals surface area contributed by atoms with Gasteiger partial charge in [-0.1, -0.05) is 11.6 Å². The van der Waals surface area contributed by atoms with Crippen LogP contribution in [0, 0.1) is 17.8 Å². The van der Waals surface area contributed by atoms with Crippen molar-refractivity contribution in [2.24, 2.45) is 17.8 Å². The van der Waals surface area contributed by atoms with Gasteiger partial charge in [0.1, 0.15) is 0 Å². The molecule has 1 aromatic carbocycles. The highest BCUT2D eigenvalue weighted by Crippen LogP contribution is 2.46. The molecule has 0 radical (unpaired) electrons. The summed E-state index contributed by atoms with van der Waals surface area (Å²) in [6.45, 7) is 3.57. The minimum absolute atomic E-state index is 0.00992. The van der Waals surface area contributed by atoms with Crippen molar-refractivity contribution in [2.45, 2.75) is 12.8 Å². The maximum atomic E-state index is 12.5. The van der Waals surface area contributed by atoms with Crippen LogP contribution in [0.4, 0.5) is 5.69 Å². The number of nitrogens with zero attached hydrogens (tertiary/aromatic N) is 2. The number of nitrogens with one attached hydrogen (secondary N) is 1. The van der Waals surface area contributed by atoms with Gasteiger partial charge in [-0.05, 0) is 54.9 Å². The Labute approximate surface area is 141 Å². The zero-order valence-corrected chi connectivity index (χ0v) is 13.6. The SMILES string of the molecule is O=C(C=C1C2CC3CC1CN(C3)C2)Nc1ccc2ncccc2c1. The standard InChI is InChI=1S/C20H21N3O/c24-20(22-17-3-4-19-14(8-17)2-1-5-21-19)9-18-15-6-13-7-16(18)12-23(10-13)11-15/h1-5,8-9,13,15-16H,6-7,10-12H2,(H,22,24). The van der Waals surface area contributed by atoms with Crippen LogP contribution in [0.1, 0.15) is 12.8 Å². The summed E-state index contributed by atoms with van der Waals surface area (Å²) in [7, 11) is 0. The van der Waals surface area contributed by atoms with Crippen LogP contribution in [0.5, 0.6) is 0 Å². The molecule has 4 fully saturated rings. The number of benzene rings is 1. The van der Waals surface area contributed by atoms with E-state index in [2.05, 4.69) is 15.2 Å². The zero-order valence-electron chi connectivity index (χ0n) is 13.6. The van der Waals surface area contributed by atoms with E-state index in [0.29, 0.717) is 11.8 Å². The van der Waals surface area contributed by atoms with Crippen LogP contribution in [0.2, 0.25) is 0 Å². The van der Waals surface area contributed by atoms with Gasteiger partial charge in [0, 0.05) is 43.0 Å². The van der Waals surface area contributed by atoms with Crippen LogP contribution in [0.3, 0.4) is 0 Å². The average Bonchev–Trinajstić information content (AvgIpc) is 2.57. The van der Waals surface area contributed by atoms with Crippen LogP contribution >= 0.6 is 0 Å². The van der Waals surface area contributed by atoms with Crippen molar-refractivity contribution in [1.82, 2.24) is 9.88 Å². The van der Waals surface area contributed by atoms with E-state index in [1.807, 2.05) is 36.4 Å². The Kier molecular flexibility index (Phi) is 3.20. The molecular weight excluding hydrogens is 298 g/mol. The Balaban J connectivity index is 1.36. The maximum Gasteiger partial charge on any atom is 0.248 e. The predicted molar refractivity (Wildman–Crippen MR) is 94.6 cm³/mol. The Hall–Kier alpha value is -2.20. The van der Waals surface area contributed by atoms with E-state index in [9.17, 15) is 4.79 Å². The van der Waals surface area contributed by atoms with Gasteiger partial charge in [0.2, 0.25) is 5.91 Å². The fourth-order valence-corrected chi connectivity index (χ4v) is 4.95. The second kappa shape index (κ2) is 5.42. The summed E-state index contributed by atoms with van der Waals surface area (Å²) in [4.78, 5) is 19.4. The number of rotatable bonds is 2. The largest absolute Gasteiger partial charge is 0.322 e. The van der Waals surface area contributed by atoms with Crippen LogP contribution in [0.15, 0.2) is 48.2 Å². The first-order chi connectivity index (χ1) is 11.7. The third-order valence-corrected chi connectivity index (χ3v) is 5.82. The number of pyridine rings is 1. The molecule has 4 bridgehead atoms. The molecule has 6 rings (SSSR count). The Morgan fingerprint density at radius 1 is 1.17 bits per heavy atom. The molecule has 1 amide bonds. The molecule has 1 aliphatic carbocycles. The molecule has 1 aromatic heterocycles. The Morgan fingerprint density at radius 3 is 2.79 bits per heavy atom. The van der Waals surface area contributed by atoms with Crippen LogP contribution in [-0.2, 0) is 4.79 Å². The Bertz CT molecular complexity index is 812. The number of carbonyl (C=O) groups excluding carboxylic acids is 1. The lowest BCUT2D eigenvalue weighted by Gasteiger charge is -2.53. The molecule has 2 atom stereocenters. The first kappa shape index (κ1) is 14.2. The third-order valence-electron chi connectivity index (χ3n) is 5.82. The van der Waals surface area contributed by atoms with E-state index >= 15 is 0 Å². The number of carbonyl (C=O) groups is 1. The van der Waals surface area contributed by atoms with Crippen molar-refractivity contribution in [3.63, 3.8) is 0 Å². The number of anilines is 1. The minimum Gasteiger partial charge on any atom is -0.322 e. The average molecular weight is 319 g/mol. The van der Waals surface area contributed by atoms with Gasteiger partial charge in [-0.25, -0.2) is 0 Å². The molecule has 1 saturated carbocycles. The lowest BCUT2D eigenvalue weighted by molar-refractivity contribution is -0.112. The van der Waals surface area contributed by atoms with Crippen molar-refractivity contribution < 1.29 is 4.79 Å². The third kappa shape index (κ3) is 2.42. The summed E-state index contributed by atoms with van der Waals surface area (Å²) in [6, 6.07) is 9.80. The first-order valence-corrected chi connectivity index (χ1v) is 8.84. The molecule has 4 nitrogen and oxygen atoms in total. The van der Waals surface area contributed by atoms with Crippen molar-refractivity contribution in [2.75, 3.05) is 25.0 Å². The highest BCUT2D eigenvalue weighted by molar-refractivity contribution is 6.01. The smallest absolute Gasteiger partial charge is 0.248 e. The van der Waals surface area contributed by atoms with Crippen molar-refractivity contribution in [1.29, 1.82) is 0 Å². The first-order valence-electron chi connectivity index (χ1n) is 8.84. The molecule has 122 valence electrons. The normalized spacial score (nSPS) is 30.6. The molecule has 3 saturated heterocycles. The van der Waals surface area contributed by atoms with Crippen LogP contribution in [0.25, 0.3) is 10.9 Å². The molecular formula is C20H21N3O. The summed E-state index contributed by atoms with van der Waals surface area (Å²) >= 11 is 0. The zero-order chi connectivity index (χ0) is 16.1. The summed E-state index contributed by atoms with van der Waals surface area (Å²) in [5, 5.41) is 4.08. The van der Waals surface area contributed by atoms with Crippen molar-refractivity contribution in [3.8, 4) is 0 Å². The molecule has 24 heavy (non-hydrogen) atoms. The summed E-state index contributed by atoms with van der Waals surface area (Å²) in [5.41, 5.74) is 3.18.